The Hall–Kier alpha value is -1.98. The van der Waals surface area contributed by atoms with E-state index in [1.165, 1.54) is 0 Å². The molecule has 0 aromatic heterocycles. The maximum absolute atomic E-state index is 13.5. The number of rotatable bonds is 19. The third-order valence-corrected chi connectivity index (χ3v) is 15.8. The summed E-state index contributed by atoms with van der Waals surface area (Å²) in [5.41, 5.74) is -1.77. The first-order chi connectivity index (χ1) is 27.6. The lowest BCUT2D eigenvalue weighted by Crippen LogP contribution is -2.59. The van der Waals surface area contributed by atoms with Crippen molar-refractivity contribution in [3.63, 3.8) is 0 Å². The molecule has 15 atom stereocenters. The van der Waals surface area contributed by atoms with E-state index in [-0.39, 0.29) is 55.3 Å². The summed E-state index contributed by atoms with van der Waals surface area (Å²) in [4.78, 5) is 39.8. The molecule has 4 aliphatic carbocycles. The van der Waals surface area contributed by atoms with Crippen molar-refractivity contribution in [2.24, 2.45) is 58.2 Å². The molecule has 0 aromatic carbocycles. The van der Waals surface area contributed by atoms with Crippen LogP contribution in [0.2, 0.25) is 0 Å². The quantitative estimate of drug-likeness (QED) is 0.0795. The van der Waals surface area contributed by atoms with E-state index in [0.717, 1.165) is 6.92 Å². The van der Waals surface area contributed by atoms with Gasteiger partial charge in [0.25, 0.3) is 0 Å². The Morgan fingerprint density at radius 2 is 1.25 bits per heavy atom. The van der Waals surface area contributed by atoms with Gasteiger partial charge in [-0.3, -0.25) is 28.0 Å². The Bertz CT molecular complexity index is 1870. The number of hydrogen-bond donors (Lipinski definition) is 3. The molecule has 0 aliphatic heterocycles. The molecule has 4 saturated carbocycles. The lowest BCUT2D eigenvalue weighted by atomic mass is 9.44. The SMILES string of the molecule is CCCC(=O)O[C@H]([C@@H](C)[C@H]1[C@@H](OS(=O)(=O)O)[C@H](OC(C)=O)[C@H]2[C@@H]3CC[C@H]4C[C@H](OS(=O)(=O)O)[C@@H](OS(=O)(=O)O)C[C@]4(C)[C@H]3CC[C@@]21C)[C@H](OC(=O)CCC)[C@H](CC)C(C)C. The largest absolute Gasteiger partial charge is 0.459 e. The normalized spacial score (nSPS) is 35.2. The molecule has 0 radical (unpaired) electrons. The van der Waals surface area contributed by atoms with Crippen LogP contribution in [0.15, 0.2) is 0 Å². The average molecular weight is 919 g/mol. The van der Waals surface area contributed by atoms with E-state index in [1.807, 2.05) is 48.5 Å². The Morgan fingerprint density at radius 1 is 0.717 bits per heavy atom. The molecule has 18 nitrogen and oxygen atoms in total. The fraction of sp³-hybridized carbons (Fsp3) is 0.923. The van der Waals surface area contributed by atoms with Crippen molar-refractivity contribution in [3.05, 3.63) is 0 Å². The third-order valence-electron chi connectivity index (χ3n) is 14.4. The molecule has 4 rings (SSSR count). The molecule has 0 spiro atoms. The molecule has 4 fully saturated rings. The minimum Gasteiger partial charge on any atom is -0.459 e. The van der Waals surface area contributed by atoms with Crippen LogP contribution in [0.1, 0.15) is 133 Å². The lowest BCUT2D eigenvalue weighted by molar-refractivity contribution is -0.188. The second-order valence-corrected chi connectivity index (χ2v) is 21.5. The van der Waals surface area contributed by atoms with Crippen molar-refractivity contribution in [1.82, 2.24) is 0 Å². The van der Waals surface area contributed by atoms with Crippen molar-refractivity contribution in [3.8, 4) is 0 Å². The Labute approximate surface area is 355 Å². The van der Waals surface area contributed by atoms with E-state index in [0.29, 0.717) is 44.9 Å². The first-order valence-electron chi connectivity index (χ1n) is 21.1. The van der Waals surface area contributed by atoms with Crippen molar-refractivity contribution in [2.45, 2.75) is 170 Å². The lowest BCUT2D eigenvalue weighted by Gasteiger charge is -2.62. The molecule has 21 heteroatoms. The fourth-order valence-corrected chi connectivity index (χ4v) is 13.8. The van der Waals surface area contributed by atoms with E-state index in [1.54, 1.807) is 6.92 Å². The van der Waals surface area contributed by atoms with Gasteiger partial charge >= 0.3 is 49.1 Å². The standard InChI is InChI=1S/C39H66O18S3/c1-10-13-30(41)53-34(35(25(12-3)21(4)5)54-31(42)14-11-2)22(6)32-37(57-60(49,50)51)36(52-23(7)40)33-26-16-15-24-19-28(55-58(43,44)45)29(56-59(46,47)48)20-39(24,9)27(26)17-18-38(32,33)8/h21-22,24-29,32-37H,10-20H2,1-9H3,(H,43,44,45)(H,46,47,48)(H,49,50,51)/t22-,24-,25+,26+,27-,28-,29-,32-,33+,34+,35+,36+,37+,38+,39-/m0/s1. The maximum Gasteiger partial charge on any atom is 0.397 e. The van der Waals surface area contributed by atoms with E-state index in [4.69, 9.17) is 26.8 Å². The van der Waals surface area contributed by atoms with Gasteiger partial charge in [-0.05, 0) is 92.3 Å². The third kappa shape index (κ3) is 11.6. The highest BCUT2D eigenvalue weighted by atomic mass is 32.3. The van der Waals surface area contributed by atoms with Crippen LogP contribution in [0, 0.1) is 58.2 Å². The topological polar surface area (TPSA) is 270 Å². The second kappa shape index (κ2) is 19.4. The minimum atomic E-state index is -5.22. The van der Waals surface area contributed by atoms with Crippen LogP contribution in [-0.4, -0.2) is 93.4 Å². The zero-order valence-corrected chi connectivity index (χ0v) is 38.5. The molecule has 3 N–H and O–H groups in total. The van der Waals surface area contributed by atoms with Crippen LogP contribution in [0.5, 0.6) is 0 Å². The van der Waals surface area contributed by atoms with Crippen LogP contribution >= 0.6 is 0 Å². The summed E-state index contributed by atoms with van der Waals surface area (Å²) in [5.74, 6) is -5.56. The van der Waals surface area contributed by atoms with Gasteiger partial charge in [-0.25, -0.2) is 12.5 Å². The van der Waals surface area contributed by atoms with Crippen molar-refractivity contribution >= 4 is 49.1 Å². The van der Waals surface area contributed by atoms with Gasteiger partial charge in [0.15, 0.2) is 0 Å². The Morgan fingerprint density at radius 3 is 1.73 bits per heavy atom. The monoisotopic (exact) mass is 918 g/mol. The van der Waals surface area contributed by atoms with Crippen LogP contribution in [0.3, 0.4) is 0 Å². The fourth-order valence-electron chi connectivity index (χ4n) is 12.3. The second-order valence-electron chi connectivity index (χ2n) is 18.4. The number of esters is 3. The molecule has 4 aliphatic rings. The molecule has 60 heavy (non-hydrogen) atoms. The van der Waals surface area contributed by atoms with Gasteiger partial charge in [0.05, 0.1) is 0 Å². The number of fused-ring (bicyclic) bond motifs is 5. The first-order valence-corrected chi connectivity index (χ1v) is 25.2. The minimum absolute atomic E-state index is 0.0465. The van der Waals surface area contributed by atoms with Gasteiger partial charge in [-0.2, -0.15) is 25.3 Å². The summed E-state index contributed by atoms with van der Waals surface area (Å²) in [7, 11) is -15.4. The highest BCUT2D eigenvalue weighted by molar-refractivity contribution is 7.81. The molecule has 348 valence electrons. The van der Waals surface area contributed by atoms with E-state index in [2.05, 4.69) is 0 Å². The van der Waals surface area contributed by atoms with Gasteiger partial charge in [0.1, 0.15) is 36.6 Å². The molecule has 0 saturated heterocycles. The summed E-state index contributed by atoms with van der Waals surface area (Å²) < 4.78 is 137. The molecular formula is C39H66O18S3. The summed E-state index contributed by atoms with van der Waals surface area (Å²) >= 11 is 0. The van der Waals surface area contributed by atoms with Crippen molar-refractivity contribution in [1.29, 1.82) is 0 Å². The van der Waals surface area contributed by atoms with Gasteiger partial charge in [0, 0.05) is 43.4 Å². The van der Waals surface area contributed by atoms with Gasteiger partial charge < -0.3 is 14.2 Å². The van der Waals surface area contributed by atoms with E-state index < -0.39 is 114 Å². The summed E-state index contributed by atoms with van der Waals surface area (Å²) in [6.07, 6.45) is -4.77. The maximum atomic E-state index is 13.5. The summed E-state index contributed by atoms with van der Waals surface area (Å²) in [6, 6.07) is 0. The van der Waals surface area contributed by atoms with Crippen LogP contribution in [-0.2, 0) is 72.3 Å². The molecule has 0 bridgehead atoms. The molecule has 0 aromatic rings. The first kappa shape index (κ1) is 50.7. The van der Waals surface area contributed by atoms with Gasteiger partial charge in [0.2, 0.25) is 0 Å². The van der Waals surface area contributed by atoms with Gasteiger partial charge in [-0.15, -0.1) is 0 Å². The smallest absolute Gasteiger partial charge is 0.397 e. The average Bonchev–Trinajstić information content (AvgIpc) is 3.31. The van der Waals surface area contributed by atoms with Crippen molar-refractivity contribution < 1.29 is 80.1 Å². The van der Waals surface area contributed by atoms with E-state index >= 15 is 0 Å². The highest BCUT2D eigenvalue weighted by Gasteiger charge is 2.70. The highest BCUT2D eigenvalue weighted by Crippen LogP contribution is 2.70. The molecule has 0 amide bonds. The summed E-state index contributed by atoms with van der Waals surface area (Å²) in [6.45, 7) is 16.2. The number of carbonyl (C=O) groups is 3. The Balaban J connectivity index is 1.90. The Kier molecular flexibility index (Phi) is 16.4. The molecular weight excluding hydrogens is 853 g/mol. The van der Waals surface area contributed by atoms with Crippen LogP contribution < -0.4 is 0 Å². The van der Waals surface area contributed by atoms with Crippen LogP contribution in [0.4, 0.5) is 0 Å². The zero-order chi connectivity index (χ0) is 45.3. The van der Waals surface area contributed by atoms with Crippen molar-refractivity contribution in [2.75, 3.05) is 0 Å². The predicted molar refractivity (Wildman–Crippen MR) is 214 cm³/mol. The van der Waals surface area contributed by atoms with Gasteiger partial charge in [-0.1, -0.05) is 55.4 Å². The molecule has 0 unspecified atom stereocenters. The zero-order valence-electron chi connectivity index (χ0n) is 36.1. The number of ether oxygens (including phenoxy) is 3. The van der Waals surface area contributed by atoms with Crippen LogP contribution in [0.25, 0.3) is 0 Å². The van der Waals surface area contributed by atoms with E-state index in [9.17, 15) is 53.3 Å². The number of hydrogen-bond acceptors (Lipinski definition) is 15. The number of carbonyl (C=O) groups excluding carboxylic acids is 3. The predicted octanol–water partition coefficient (Wildman–Crippen LogP) is 5.71. The summed E-state index contributed by atoms with van der Waals surface area (Å²) in [5, 5.41) is 0. The molecule has 0 heterocycles.